The second-order valence-corrected chi connectivity index (χ2v) is 7.25. The van der Waals surface area contributed by atoms with Crippen LogP contribution < -0.4 is 11.1 Å². The van der Waals surface area contributed by atoms with E-state index in [-0.39, 0.29) is 5.54 Å². The summed E-state index contributed by atoms with van der Waals surface area (Å²) in [6.45, 7) is 7.45. The summed E-state index contributed by atoms with van der Waals surface area (Å²) in [6.07, 6.45) is 13.8. The van der Waals surface area contributed by atoms with Gasteiger partial charge in [0.2, 0.25) is 0 Å². The van der Waals surface area contributed by atoms with E-state index in [0.717, 1.165) is 19.4 Å². The maximum atomic E-state index is 6.77. The normalized spacial score (nSPS) is 25.2. The molecule has 2 nitrogen and oxygen atoms in total. The van der Waals surface area contributed by atoms with Crippen LogP contribution in [0.25, 0.3) is 6.08 Å². The number of hydrogen-bond acceptors (Lipinski definition) is 2. The lowest BCUT2D eigenvalue weighted by Gasteiger charge is -2.41. The molecule has 24 heavy (non-hydrogen) atoms. The molecule has 0 saturated heterocycles. The largest absolute Gasteiger partial charge is 0.383 e. The first-order valence-electron chi connectivity index (χ1n) is 9.55. The molecule has 2 atom stereocenters. The van der Waals surface area contributed by atoms with Crippen LogP contribution >= 0.6 is 0 Å². The second kappa shape index (κ2) is 9.08. The van der Waals surface area contributed by atoms with E-state index in [1.165, 1.54) is 42.5 Å². The zero-order valence-corrected chi connectivity index (χ0v) is 15.6. The Bertz CT molecular complexity index is 573. The second-order valence-electron chi connectivity index (χ2n) is 7.25. The van der Waals surface area contributed by atoms with Crippen LogP contribution in [0.3, 0.4) is 0 Å². The fraction of sp³-hybridized carbons (Fsp3) is 0.545. The van der Waals surface area contributed by atoms with Crippen LogP contribution in [0.2, 0.25) is 0 Å². The molecule has 1 saturated carbocycles. The molecule has 2 unspecified atom stereocenters. The Balaban J connectivity index is 2.02. The van der Waals surface area contributed by atoms with Gasteiger partial charge in [-0.15, -0.1) is 0 Å². The lowest BCUT2D eigenvalue weighted by atomic mass is 9.72. The number of allylic oxidation sites excluding steroid dienone is 2. The van der Waals surface area contributed by atoms with E-state index in [4.69, 9.17) is 5.73 Å². The van der Waals surface area contributed by atoms with Crippen molar-refractivity contribution in [2.24, 2.45) is 11.7 Å². The van der Waals surface area contributed by atoms with E-state index >= 15 is 0 Å². The molecule has 1 aliphatic rings. The molecule has 2 rings (SSSR count). The van der Waals surface area contributed by atoms with Gasteiger partial charge in [-0.1, -0.05) is 75.1 Å². The highest BCUT2D eigenvalue weighted by molar-refractivity contribution is 5.53. The van der Waals surface area contributed by atoms with Gasteiger partial charge in [-0.2, -0.15) is 0 Å². The quantitative estimate of drug-likeness (QED) is 0.677. The summed E-state index contributed by atoms with van der Waals surface area (Å²) in [5.41, 5.74) is 10.4. The monoisotopic (exact) mass is 326 g/mol. The summed E-state index contributed by atoms with van der Waals surface area (Å²) in [5, 5.41) is 3.63. The van der Waals surface area contributed by atoms with Crippen molar-refractivity contribution in [3.05, 3.63) is 53.2 Å². The van der Waals surface area contributed by atoms with Crippen molar-refractivity contribution in [1.82, 2.24) is 5.32 Å². The fourth-order valence-electron chi connectivity index (χ4n) is 3.83. The molecule has 1 aliphatic carbocycles. The van der Waals surface area contributed by atoms with Crippen LogP contribution in [0.15, 0.2) is 42.1 Å². The van der Waals surface area contributed by atoms with Crippen LogP contribution in [0.5, 0.6) is 0 Å². The molecule has 0 aromatic heterocycles. The van der Waals surface area contributed by atoms with Crippen LogP contribution in [-0.4, -0.2) is 12.1 Å². The Hall–Kier alpha value is -1.54. The van der Waals surface area contributed by atoms with Crippen molar-refractivity contribution >= 4 is 6.08 Å². The third-order valence-electron chi connectivity index (χ3n) is 5.29. The summed E-state index contributed by atoms with van der Waals surface area (Å²) in [4.78, 5) is 0. The summed E-state index contributed by atoms with van der Waals surface area (Å²) in [5.74, 6) is 0.641. The first kappa shape index (κ1) is 18.8. The molecular formula is C22H34N2. The van der Waals surface area contributed by atoms with Crippen molar-refractivity contribution in [3.63, 3.8) is 0 Å². The van der Waals surface area contributed by atoms with Crippen molar-refractivity contribution in [1.29, 1.82) is 0 Å². The van der Waals surface area contributed by atoms with Gasteiger partial charge in [0.1, 0.15) is 0 Å². The average Bonchev–Trinajstić information content (AvgIpc) is 2.58. The molecular weight excluding hydrogens is 292 g/mol. The van der Waals surface area contributed by atoms with E-state index < -0.39 is 0 Å². The third kappa shape index (κ3) is 5.24. The highest BCUT2D eigenvalue weighted by Crippen LogP contribution is 2.33. The molecule has 0 spiro atoms. The van der Waals surface area contributed by atoms with Crippen LogP contribution in [0.1, 0.15) is 63.5 Å². The molecule has 132 valence electrons. The Labute approximate surface area is 148 Å². The summed E-state index contributed by atoms with van der Waals surface area (Å²) >= 11 is 0. The van der Waals surface area contributed by atoms with Gasteiger partial charge in [0.05, 0.1) is 0 Å². The third-order valence-corrected chi connectivity index (χ3v) is 5.29. The molecule has 3 N–H and O–H groups in total. The van der Waals surface area contributed by atoms with Gasteiger partial charge in [0.15, 0.2) is 0 Å². The minimum Gasteiger partial charge on any atom is -0.383 e. The van der Waals surface area contributed by atoms with Crippen molar-refractivity contribution in [2.75, 3.05) is 6.54 Å². The fourth-order valence-corrected chi connectivity index (χ4v) is 3.83. The topological polar surface area (TPSA) is 38.0 Å². The lowest BCUT2D eigenvalue weighted by molar-refractivity contribution is 0.182. The van der Waals surface area contributed by atoms with Crippen LogP contribution in [0, 0.1) is 12.8 Å². The predicted molar refractivity (Wildman–Crippen MR) is 106 cm³/mol. The highest BCUT2D eigenvalue weighted by Gasteiger charge is 2.35. The van der Waals surface area contributed by atoms with E-state index in [0.29, 0.717) is 5.92 Å². The van der Waals surface area contributed by atoms with E-state index in [1.807, 2.05) is 0 Å². The van der Waals surface area contributed by atoms with Gasteiger partial charge >= 0.3 is 0 Å². The Morgan fingerprint density at radius 3 is 2.88 bits per heavy atom. The van der Waals surface area contributed by atoms with E-state index in [2.05, 4.69) is 68.6 Å². The number of hydrogen-bond donors (Lipinski definition) is 2. The lowest BCUT2D eigenvalue weighted by Crippen LogP contribution is -2.55. The molecule has 0 bridgehead atoms. The van der Waals surface area contributed by atoms with Gasteiger partial charge in [-0.3, -0.25) is 0 Å². The minimum absolute atomic E-state index is 0.0585. The molecule has 0 aliphatic heterocycles. The maximum Gasteiger partial charge on any atom is 0.0358 e. The smallest absolute Gasteiger partial charge is 0.0358 e. The standard InChI is InChI=1S/C22H34N2/c1-4-9-21(14-13-19-11-8-10-18(3)16-19)24-17-22(23)15-7-6-12-20(22)5-2/h8-11,13-14,16,20,24H,4-7,12,15,17,23H2,1-3H3/b14-13+,21-9+. The maximum absolute atomic E-state index is 6.77. The Kier molecular flexibility index (Phi) is 7.11. The number of nitrogens with one attached hydrogen (secondary N) is 1. The van der Waals surface area contributed by atoms with E-state index in [1.54, 1.807) is 0 Å². The van der Waals surface area contributed by atoms with Crippen LogP contribution in [0.4, 0.5) is 0 Å². The minimum atomic E-state index is -0.0585. The molecule has 2 heteroatoms. The van der Waals surface area contributed by atoms with Crippen molar-refractivity contribution in [3.8, 4) is 0 Å². The Morgan fingerprint density at radius 2 is 2.17 bits per heavy atom. The molecule has 0 amide bonds. The number of benzene rings is 1. The average molecular weight is 327 g/mol. The Morgan fingerprint density at radius 1 is 1.33 bits per heavy atom. The summed E-state index contributed by atoms with van der Waals surface area (Å²) < 4.78 is 0. The van der Waals surface area contributed by atoms with Gasteiger partial charge in [-0.05, 0) is 43.7 Å². The molecule has 0 radical (unpaired) electrons. The molecule has 0 heterocycles. The predicted octanol–water partition coefficient (Wildman–Crippen LogP) is 5.19. The molecule has 1 aromatic rings. The number of aryl methyl sites for hydroxylation is 1. The first-order chi connectivity index (χ1) is 11.6. The zero-order chi connectivity index (χ0) is 17.4. The van der Waals surface area contributed by atoms with Crippen LogP contribution in [-0.2, 0) is 0 Å². The zero-order valence-electron chi connectivity index (χ0n) is 15.6. The number of rotatable bonds is 7. The van der Waals surface area contributed by atoms with Gasteiger partial charge < -0.3 is 11.1 Å². The first-order valence-corrected chi connectivity index (χ1v) is 9.55. The SMILES string of the molecule is CC/C=C(\C=C\c1cccc(C)c1)NCC1(N)CCCCC1CC. The van der Waals surface area contributed by atoms with Crippen molar-refractivity contribution in [2.45, 2.75) is 64.8 Å². The molecule has 1 fully saturated rings. The molecule has 1 aromatic carbocycles. The number of nitrogens with two attached hydrogens (primary N) is 1. The highest BCUT2D eigenvalue weighted by atomic mass is 15.0. The van der Waals surface area contributed by atoms with Gasteiger partial charge in [-0.25, -0.2) is 0 Å². The summed E-state index contributed by atoms with van der Waals surface area (Å²) in [7, 11) is 0. The van der Waals surface area contributed by atoms with E-state index in [9.17, 15) is 0 Å². The van der Waals surface area contributed by atoms with Crippen molar-refractivity contribution < 1.29 is 0 Å². The van der Waals surface area contributed by atoms with Gasteiger partial charge in [0.25, 0.3) is 0 Å². The summed E-state index contributed by atoms with van der Waals surface area (Å²) in [6, 6.07) is 8.59. The van der Waals surface area contributed by atoms with Gasteiger partial charge in [0, 0.05) is 17.8 Å².